The molecule has 0 aromatic rings. The second kappa shape index (κ2) is 20.9. The van der Waals surface area contributed by atoms with Crippen LogP contribution in [-0.2, 0) is 0 Å². The van der Waals surface area contributed by atoms with Gasteiger partial charge in [0, 0.05) is 6.42 Å². The van der Waals surface area contributed by atoms with E-state index in [1.54, 1.807) is 0 Å². The highest BCUT2D eigenvalue weighted by Crippen LogP contribution is 2.27. The van der Waals surface area contributed by atoms with Crippen LogP contribution in [0.15, 0.2) is 0 Å². The highest BCUT2D eigenvalue weighted by molar-refractivity contribution is 7.64. The van der Waals surface area contributed by atoms with Gasteiger partial charge in [-0.25, -0.2) is 0 Å². The smallest absolute Gasteiger partial charge is 0.126 e. The number of halogens is 3. The summed E-state index contributed by atoms with van der Waals surface area (Å²) in [6.07, 6.45) is 28.9. The molecule has 0 nitrogen and oxygen atoms in total. The molecule has 0 atom stereocenters. The zero-order chi connectivity index (χ0) is 20.1. The minimum Gasteiger partial charge on any atom is -0.126 e. The highest BCUT2D eigenvalue weighted by atomic mass is 35.8. The van der Waals surface area contributed by atoms with E-state index >= 15 is 0 Å². The third kappa shape index (κ3) is 26.2. The average molecular weight is 450 g/mol. The van der Waals surface area contributed by atoms with Crippen molar-refractivity contribution in [3.8, 4) is 24.2 Å². The Morgan fingerprint density at radius 1 is 0.519 bits per heavy atom. The zero-order valence-corrected chi connectivity index (χ0v) is 20.4. The van der Waals surface area contributed by atoms with E-state index in [-0.39, 0.29) is 0 Å². The van der Waals surface area contributed by atoms with Crippen LogP contribution in [0.25, 0.3) is 0 Å². The number of hydrogen-bond donors (Lipinski definition) is 0. The molecule has 0 spiro atoms. The standard InChI is InChI=1S/C23H39Cl3Si/c1-2-3-4-5-6-7-8-9-10-11-12-13-14-15-16-17-18-19-20-21-22-23-27(24,25)26/h1H,5-23H2. The van der Waals surface area contributed by atoms with E-state index in [4.69, 9.17) is 39.7 Å². The minimum atomic E-state index is -2.37. The highest BCUT2D eigenvalue weighted by Gasteiger charge is 2.23. The Bertz CT molecular complexity index is 412. The second-order valence-corrected chi connectivity index (χ2v) is 16.9. The van der Waals surface area contributed by atoms with E-state index in [1.807, 2.05) is 0 Å². The van der Waals surface area contributed by atoms with E-state index < -0.39 is 6.00 Å². The van der Waals surface area contributed by atoms with Gasteiger partial charge >= 0.3 is 6.00 Å². The Labute approximate surface area is 184 Å². The fraction of sp³-hybridized carbons (Fsp3) is 0.826. The molecule has 4 heteroatoms. The number of hydrogen-bond acceptors (Lipinski definition) is 0. The van der Waals surface area contributed by atoms with Crippen LogP contribution in [-0.4, -0.2) is 6.00 Å². The van der Waals surface area contributed by atoms with Crippen molar-refractivity contribution in [1.29, 1.82) is 0 Å². The largest absolute Gasteiger partial charge is 0.341 e. The maximum Gasteiger partial charge on any atom is 0.341 e. The lowest BCUT2D eigenvalue weighted by Gasteiger charge is -2.07. The van der Waals surface area contributed by atoms with Gasteiger partial charge in [-0.05, 0) is 24.3 Å². The van der Waals surface area contributed by atoms with Gasteiger partial charge in [-0.15, -0.1) is 39.7 Å². The van der Waals surface area contributed by atoms with Gasteiger partial charge in [0.15, 0.2) is 0 Å². The first kappa shape index (κ1) is 27.2. The summed E-state index contributed by atoms with van der Waals surface area (Å²) in [7, 11) is 0. The lowest BCUT2D eigenvalue weighted by molar-refractivity contribution is 0.527. The molecule has 0 aromatic carbocycles. The molecular formula is C23H39Cl3Si. The van der Waals surface area contributed by atoms with E-state index in [9.17, 15) is 0 Å². The molecule has 0 radical (unpaired) electrons. The van der Waals surface area contributed by atoms with Gasteiger partial charge < -0.3 is 0 Å². The maximum absolute atomic E-state index is 5.88. The third-order valence-corrected chi connectivity index (χ3v) is 7.54. The van der Waals surface area contributed by atoms with Crippen LogP contribution in [0.5, 0.6) is 0 Å². The molecule has 0 aliphatic heterocycles. The lowest BCUT2D eigenvalue weighted by Crippen LogP contribution is -2.07. The zero-order valence-electron chi connectivity index (χ0n) is 17.1. The van der Waals surface area contributed by atoms with Crippen molar-refractivity contribution in [3.63, 3.8) is 0 Å². The SMILES string of the molecule is C#CC#CCCCCCCCCCCCCCCCCCCC[Si](Cl)(Cl)Cl. The summed E-state index contributed by atoms with van der Waals surface area (Å²) in [5, 5.41) is 0. The van der Waals surface area contributed by atoms with Crippen molar-refractivity contribution in [2.75, 3.05) is 0 Å². The summed E-state index contributed by atoms with van der Waals surface area (Å²) in [6.45, 7) is 0. The Morgan fingerprint density at radius 2 is 0.852 bits per heavy atom. The predicted molar refractivity (Wildman–Crippen MR) is 128 cm³/mol. The normalized spacial score (nSPS) is 11.0. The molecule has 0 fully saturated rings. The van der Waals surface area contributed by atoms with Gasteiger partial charge in [0.05, 0.1) is 0 Å². The maximum atomic E-state index is 5.88. The van der Waals surface area contributed by atoms with Gasteiger partial charge in [0.1, 0.15) is 0 Å². The van der Waals surface area contributed by atoms with Gasteiger partial charge in [-0.1, -0.05) is 109 Å². The lowest BCUT2D eigenvalue weighted by atomic mass is 10.0. The van der Waals surface area contributed by atoms with E-state index in [1.165, 1.54) is 103 Å². The molecule has 0 N–H and O–H groups in total. The molecule has 27 heavy (non-hydrogen) atoms. The fourth-order valence-electron chi connectivity index (χ4n) is 3.30. The quantitative estimate of drug-likeness (QED) is 0.0797. The number of rotatable bonds is 19. The van der Waals surface area contributed by atoms with Crippen LogP contribution < -0.4 is 0 Å². The topological polar surface area (TPSA) is 0 Å². The van der Waals surface area contributed by atoms with Gasteiger partial charge in [0.2, 0.25) is 0 Å². The molecule has 0 aliphatic rings. The summed E-state index contributed by atoms with van der Waals surface area (Å²) in [5.74, 6) is 8.03. The van der Waals surface area contributed by atoms with E-state index in [0.717, 1.165) is 18.9 Å². The van der Waals surface area contributed by atoms with Crippen molar-refractivity contribution in [2.45, 2.75) is 122 Å². The van der Waals surface area contributed by atoms with E-state index in [0.29, 0.717) is 0 Å². The molecule has 0 amide bonds. The number of unbranched alkanes of at least 4 members (excludes halogenated alkanes) is 17. The molecule has 0 bridgehead atoms. The average Bonchev–Trinajstić information content (AvgIpc) is 2.62. The van der Waals surface area contributed by atoms with Crippen molar-refractivity contribution in [2.24, 2.45) is 0 Å². The molecule has 0 unspecified atom stereocenters. The summed E-state index contributed by atoms with van der Waals surface area (Å²) in [4.78, 5) is 0. The first-order valence-corrected chi connectivity index (χ1v) is 16.3. The fourth-order valence-corrected chi connectivity index (χ4v) is 5.16. The van der Waals surface area contributed by atoms with Crippen molar-refractivity contribution in [1.82, 2.24) is 0 Å². The van der Waals surface area contributed by atoms with Crippen molar-refractivity contribution < 1.29 is 0 Å². The Hall–Kier alpha value is 0.207. The van der Waals surface area contributed by atoms with Gasteiger partial charge in [-0.3, -0.25) is 0 Å². The first-order valence-electron chi connectivity index (χ1n) is 11.1. The van der Waals surface area contributed by atoms with Gasteiger partial charge in [0.25, 0.3) is 0 Å². The number of terminal acetylenes is 1. The molecule has 0 aliphatic carbocycles. The molecule has 0 aromatic heterocycles. The first-order chi connectivity index (χ1) is 13.1. The monoisotopic (exact) mass is 448 g/mol. The van der Waals surface area contributed by atoms with Crippen molar-refractivity contribution in [3.05, 3.63) is 0 Å². The summed E-state index contributed by atoms with van der Waals surface area (Å²) in [5.41, 5.74) is 0. The Kier molecular flexibility index (Phi) is 21.1. The molecule has 156 valence electrons. The van der Waals surface area contributed by atoms with E-state index in [2.05, 4.69) is 17.8 Å². The van der Waals surface area contributed by atoms with Crippen LogP contribution in [0.4, 0.5) is 0 Å². The van der Waals surface area contributed by atoms with Crippen LogP contribution in [0.3, 0.4) is 0 Å². The van der Waals surface area contributed by atoms with Crippen LogP contribution >= 0.6 is 33.2 Å². The Morgan fingerprint density at radius 3 is 1.19 bits per heavy atom. The predicted octanol–water partition coefficient (Wildman–Crippen LogP) is 9.30. The molecular weight excluding hydrogens is 411 g/mol. The summed E-state index contributed by atoms with van der Waals surface area (Å²) >= 11 is 17.7. The summed E-state index contributed by atoms with van der Waals surface area (Å²) in [6, 6.07) is -1.55. The Balaban J connectivity index is 3.06. The molecule has 0 saturated heterocycles. The third-order valence-electron chi connectivity index (χ3n) is 4.92. The van der Waals surface area contributed by atoms with Crippen molar-refractivity contribution >= 4 is 39.2 Å². The van der Waals surface area contributed by atoms with Gasteiger partial charge in [-0.2, -0.15) is 0 Å². The van der Waals surface area contributed by atoms with Crippen LogP contribution in [0.2, 0.25) is 6.04 Å². The second-order valence-electron chi connectivity index (χ2n) is 7.57. The molecule has 0 heterocycles. The van der Waals surface area contributed by atoms with Crippen LogP contribution in [0.1, 0.15) is 116 Å². The minimum absolute atomic E-state index is 0.819. The van der Waals surface area contributed by atoms with Crippen LogP contribution in [0, 0.1) is 24.2 Å². The molecule has 0 saturated carbocycles. The molecule has 0 rings (SSSR count). The summed E-state index contributed by atoms with van der Waals surface area (Å²) < 4.78 is 0.